The summed E-state index contributed by atoms with van der Waals surface area (Å²) in [6.07, 6.45) is 38.4. The molecule has 1 heteroatoms. The number of hydrogen-bond donors (Lipinski definition) is 0. The van der Waals surface area contributed by atoms with Gasteiger partial charge in [-0.05, 0) is 102 Å². The van der Waals surface area contributed by atoms with Crippen molar-refractivity contribution in [3.63, 3.8) is 0 Å². The molecular formula is C40H57I. The molecule has 0 amide bonds. The fourth-order valence-corrected chi connectivity index (χ4v) is 5.79. The molecule has 0 fully saturated rings. The van der Waals surface area contributed by atoms with Crippen LogP contribution in [0.15, 0.2) is 130 Å². The first-order valence-electron chi connectivity index (χ1n) is 15.3. The summed E-state index contributed by atoms with van der Waals surface area (Å²) in [5, 5.41) is 0. The molecule has 224 valence electrons. The van der Waals surface area contributed by atoms with Gasteiger partial charge in [-0.3, -0.25) is 0 Å². The van der Waals surface area contributed by atoms with E-state index in [9.17, 15) is 0 Å². The van der Waals surface area contributed by atoms with Gasteiger partial charge in [-0.2, -0.15) is 0 Å². The van der Waals surface area contributed by atoms with Crippen LogP contribution in [0.3, 0.4) is 0 Å². The zero-order valence-corrected chi connectivity index (χ0v) is 30.1. The molecule has 41 heavy (non-hydrogen) atoms. The lowest BCUT2D eigenvalue weighted by Crippen LogP contribution is -2.19. The summed E-state index contributed by atoms with van der Waals surface area (Å²) < 4.78 is 0. The second-order valence-electron chi connectivity index (χ2n) is 13.3. The fourth-order valence-electron chi connectivity index (χ4n) is 5.79. The number of allylic oxidation sites excluding steroid dienone is 22. The molecule has 0 saturated heterocycles. The highest BCUT2D eigenvalue weighted by Gasteiger charge is 2.27. The monoisotopic (exact) mass is 664 g/mol. The van der Waals surface area contributed by atoms with Crippen molar-refractivity contribution in [1.82, 2.24) is 0 Å². The Balaban J connectivity index is 0.00000840. The molecule has 0 heterocycles. The second-order valence-corrected chi connectivity index (χ2v) is 13.3. The standard InChI is InChI=1S/C40H56.HI/c1-31(19-13-21-33(3)25-27-37-35(5)23-15-29-39(37,7)8)17-11-12-18-32(2)20-14-22-34(4)26-28-38-36(6)24-16-30-40(38,9)10;/h11-14,17-22,25-28H,15-16,23-24,29-30H2,1-10H3;1H/b12-11+,19-13+,20-14+,27-25+,28-26+,31-17+,32-18+,33-21+,34-22+;. The zero-order valence-electron chi connectivity index (χ0n) is 27.7. The molecule has 0 unspecified atom stereocenters. The van der Waals surface area contributed by atoms with Crippen LogP contribution < -0.4 is 0 Å². The van der Waals surface area contributed by atoms with Crippen molar-refractivity contribution in [1.29, 1.82) is 0 Å². The van der Waals surface area contributed by atoms with Crippen molar-refractivity contribution in [3.05, 3.63) is 130 Å². The van der Waals surface area contributed by atoms with Crippen LogP contribution in [0.5, 0.6) is 0 Å². The Morgan fingerprint density at radius 1 is 0.512 bits per heavy atom. The molecule has 0 aliphatic heterocycles. The van der Waals surface area contributed by atoms with E-state index in [2.05, 4.69) is 154 Å². The van der Waals surface area contributed by atoms with E-state index >= 15 is 0 Å². The van der Waals surface area contributed by atoms with Crippen molar-refractivity contribution in [2.45, 2.75) is 108 Å². The lowest BCUT2D eigenvalue weighted by atomic mass is 9.72. The highest BCUT2D eigenvalue weighted by molar-refractivity contribution is 14.0. The molecule has 0 bridgehead atoms. The van der Waals surface area contributed by atoms with E-state index < -0.39 is 0 Å². The van der Waals surface area contributed by atoms with Gasteiger partial charge in [0.2, 0.25) is 0 Å². The van der Waals surface area contributed by atoms with Gasteiger partial charge in [-0.25, -0.2) is 0 Å². The van der Waals surface area contributed by atoms with Crippen LogP contribution >= 0.6 is 24.0 Å². The normalized spacial score (nSPS) is 21.4. The van der Waals surface area contributed by atoms with Crippen LogP contribution in [0.4, 0.5) is 0 Å². The highest BCUT2D eigenvalue weighted by atomic mass is 127. The van der Waals surface area contributed by atoms with Crippen LogP contribution in [-0.4, -0.2) is 0 Å². The molecule has 0 atom stereocenters. The maximum Gasteiger partial charge on any atom is -0.0104 e. The Labute approximate surface area is 271 Å². The maximum atomic E-state index is 2.37. The minimum Gasteiger partial charge on any atom is -0.107 e. The first-order valence-corrected chi connectivity index (χ1v) is 15.3. The summed E-state index contributed by atoms with van der Waals surface area (Å²) in [6.45, 7) is 22.7. The van der Waals surface area contributed by atoms with Crippen LogP contribution in [0, 0.1) is 10.8 Å². The SMILES string of the molecule is CC1=C(/C=C/C(C)=C/C=C/C(C)=C/C=C/C=C(C)/C=C/C=C(C)/C=C/C2=C(C)CCCC2(C)C)C(C)(C)CCC1.I. The average molecular weight is 665 g/mol. The van der Waals surface area contributed by atoms with Gasteiger partial charge in [-0.15, -0.1) is 24.0 Å². The van der Waals surface area contributed by atoms with E-state index in [4.69, 9.17) is 0 Å². The lowest BCUT2D eigenvalue weighted by Gasteiger charge is -2.33. The summed E-state index contributed by atoms with van der Waals surface area (Å²) >= 11 is 0. The van der Waals surface area contributed by atoms with Gasteiger partial charge in [0, 0.05) is 0 Å². The van der Waals surface area contributed by atoms with Gasteiger partial charge < -0.3 is 0 Å². The largest absolute Gasteiger partial charge is 0.107 e. The van der Waals surface area contributed by atoms with E-state index in [1.807, 2.05) is 0 Å². The molecular weight excluding hydrogens is 607 g/mol. The molecule has 0 aromatic rings. The smallest absolute Gasteiger partial charge is 0.0104 e. The van der Waals surface area contributed by atoms with Crippen molar-refractivity contribution in [2.75, 3.05) is 0 Å². The Morgan fingerprint density at radius 3 is 1.17 bits per heavy atom. The summed E-state index contributed by atoms with van der Waals surface area (Å²) in [4.78, 5) is 0. The molecule has 2 rings (SSSR count). The van der Waals surface area contributed by atoms with E-state index in [0.29, 0.717) is 10.8 Å². The first-order chi connectivity index (χ1) is 18.8. The van der Waals surface area contributed by atoms with Crippen LogP contribution in [0.2, 0.25) is 0 Å². The first kappa shape index (κ1) is 36.9. The predicted molar refractivity (Wildman–Crippen MR) is 197 cm³/mol. The fraction of sp³-hybridized carbons (Fsp3) is 0.450. The zero-order chi connectivity index (χ0) is 29.8. The van der Waals surface area contributed by atoms with Gasteiger partial charge in [0.25, 0.3) is 0 Å². The molecule has 0 aromatic carbocycles. The highest BCUT2D eigenvalue weighted by Crippen LogP contribution is 2.41. The second kappa shape index (κ2) is 17.7. The Hall–Kier alpha value is -2.13. The lowest BCUT2D eigenvalue weighted by molar-refractivity contribution is 0.376. The Bertz CT molecular complexity index is 1120. The average Bonchev–Trinajstić information content (AvgIpc) is 2.85. The van der Waals surface area contributed by atoms with E-state index in [0.717, 1.165) is 0 Å². The Kier molecular flexibility index (Phi) is 16.0. The van der Waals surface area contributed by atoms with Gasteiger partial charge in [-0.1, -0.05) is 146 Å². The van der Waals surface area contributed by atoms with Gasteiger partial charge in [0.05, 0.1) is 0 Å². The summed E-state index contributed by atoms with van der Waals surface area (Å²) in [7, 11) is 0. The van der Waals surface area contributed by atoms with Gasteiger partial charge >= 0.3 is 0 Å². The predicted octanol–water partition coefficient (Wildman–Crippen LogP) is 13.2. The Morgan fingerprint density at radius 2 is 0.829 bits per heavy atom. The third-order valence-electron chi connectivity index (χ3n) is 8.38. The number of halogens is 1. The summed E-state index contributed by atoms with van der Waals surface area (Å²) in [5.74, 6) is 0. The molecule has 0 aromatic heterocycles. The van der Waals surface area contributed by atoms with Crippen LogP contribution in [0.25, 0.3) is 0 Å². The minimum absolute atomic E-state index is 0. The molecule has 0 radical (unpaired) electrons. The molecule has 2 aliphatic rings. The third-order valence-corrected chi connectivity index (χ3v) is 8.38. The molecule has 0 saturated carbocycles. The number of rotatable bonds is 10. The van der Waals surface area contributed by atoms with Gasteiger partial charge in [0.15, 0.2) is 0 Å². The van der Waals surface area contributed by atoms with Crippen molar-refractivity contribution >= 4 is 24.0 Å². The molecule has 0 spiro atoms. The molecule has 2 aliphatic carbocycles. The quantitative estimate of drug-likeness (QED) is 0.161. The molecule has 0 nitrogen and oxygen atoms in total. The van der Waals surface area contributed by atoms with E-state index in [1.165, 1.54) is 72.0 Å². The van der Waals surface area contributed by atoms with E-state index in [-0.39, 0.29) is 24.0 Å². The van der Waals surface area contributed by atoms with Crippen LogP contribution in [-0.2, 0) is 0 Å². The van der Waals surface area contributed by atoms with Crippen molar-refractivity contribution in [3.8, 4) is 0 Å². The topological polar surface area (TPSA) is 0 Å². The van der Waals surface area contributed by atoms with Gasteiger partial charge in [0.1, 0.15) is 0 Å². The van der Waals surface area contributed by atoms with Crippen molar-refractivity contribution < 1.29 is 0 Å². The maximum absolute atomic E-state index is 2.37. The third kappa shape index (κ3) is 13.2. The van der Waals surface area contributed by atoms with Crippen LogP contribution in [0.1, 0.15) is 108 Å². The summed E-state index contributed by atoms with van der Waals surface area (Å²) in [6, 6.07) is 0. The summed E-state index contributed by atoms with van der Waals surface area (Å²) in [5.41, 5.74) is 11.7. The minimum atomic E-state index is 0. The number of hydrogen-bond acceptors (Lipinski definition) is 0. The van der Waals surface area contributed by atoms with Crippen molar-refractivity contribution in [2.24, 2.45) is 10.8 Å². The van der Waals surface area contributed by atoms with E-state index in [1.54, 1.807) is 11.1 Å². The molecule has 0 N–H and O–H groups in total.